The number of aryl methyl sites for hydroxylation is 2. The van der Waals surface area contributed by atoms with Gasteiger partial charge in [0.15, 0.2) is 0 Å². The third kappa shape index (κ3) is 3.91. The van der Waals surface area contributed by atoms with Gasteiger partial charge < -0.3 is 9.64 Å². The van der Waals surface area contributed by atoms with Crippen LogP contribution in [-0.2, 0) is 0 Å². The van der Waals surface area contributed by atoms with Crippen molar-refractivity contribution in [1.29, 1.82) is 0 Å². The Morgan fingerprint density at radius 3 is 2.46 bits per heavy atom. The van der Waals surface area contributed by atoms with Crippen molar-refractivity contribution in [2.24, 2.45) is 0 Å². The van der Waals surface area contributed by atoms with Crippen LogP contribution in [0.3, 0.4) is 0 Å². The maximum atomic E-state index is 13.0. The van der Waals surface area contributed by atoms with Crippen molar-refractivity contribution in [3.8, 4) is 11.6 Å². The highest BCUT2D eigenvalue weighted by atomic mass is 16.5. The molecule has 0 bridgehead atoms. The minimum atomic E-state index is -0.0695. The Hall–Kier alpha value is -3.14. The van der Waals surface area contributed by atoms with E-state index in [0.29, 0.717) is 23.7 Å². The third-order valence-corrected chi connectivity index (χ3v) is 4.17. The number of hydrogen-bond donors (Lipinski definition) is 0. The number of aromatic nitrogens is 1. The summed E-state index contributed by atoms with van der Waals surface area (Å²) in [5, 5.41) is 0. The van der Waals surface area contributed by atoms with Crippen LogP contribution in [0.15, 0.2) is 66.9 Å². The maximum absolute atomic E-state index is 13.0. The van der Waals surface area contributed by atoms with Gasteiger partial charge in [0.05, 0.1) is 5.56 Å². The highest BCUT2D eigenvalue weighted by molar-refractivity contribution is 6.06. The molecular formula is C22H22N2O2. The molecule has 4 nitrogen and oxygen atoms in total. The van der Waals surface area contributed by atoms with Crippen molar-refractivity contribution >= 4 is 11.6 Å². The molecule has 0 aliphatic heterocycles. The fourth-order valence-electron chi connectivity index (χ4n) is 2.77. The Morgan fingerprint density at radius 2 is 1.81 bits per heavy atom. The molecule has 0 unspecified atom stereocenters. The zero-order valence-electron chi connectivity index (χ0n) is 15.3. The summed E-state index contributed by atoms with van der Waals surface area (Å²) in [7, 11) is 0. The molecule has 0 aliphatic rings. The van der Waals surface area contributed by atoms with Gasteiger partial charge in [-0.05, 0) is 56.2 Å². The molecule has 1 heterocycles. The first-order chi connectivity index (χ1) is 12.6. The highest BCUT2D eigenvalue weighted by Gasteiger charge is 2.18. The van der Waals surface area contributed by atoms with E-state index in [9.17, 15) is 4.79 Å². The molecule has 0 atom stereocenters. The van der Waals surface area contributed by atoms with Crippen molar-refractivity contribution in [3.63, 3.8) is 0 Å². The molecule has 0 N–H and O–H groups in total. The minimum Gasteiger partial charge on any atom is -0.439 e. The van der Waals surface area contributed by atoms with E-state index in [2.05, 4.69) is 11.1 Å². The molecule has 0 fully saturated rings. The lowest BCUT2D eigenvalue weighted by Crippen LogP contribution is -2.31. The van der Waals surface area contributed by atoms with E-state index in [1.54, 1.807) is 23.2 Å². The van der Waals surface area contributed by atoms with E-state index in [1.807, 2.05) is 63.2 Å². The van der Waals surface area contributed by atoms with Gasteiger partial charge in [0.2, 0.25) is 5.88 Å². The van der Waals surface area contributed by atoms with E-state index in [0.717, 1.165) is 16.8 Å². The molecule has 132 valence electrons. The number of nitrogens with zero attached hydrogens (tertiary/aromatic N) is 2. The molecule has 26 heavy (non-hydrogen) atoms. The molecule has 4 heteroatoms. The Labute approximate surface area is 154 Å². The second-order valence-corrected chi connectivity index (χ2v) is 6.14. The standard InChI is InChI=1S/C22H22N2O2/c1-4-24(20-14-16(2)10-11-17(20)3)22(25)18-12-13-21(23-15-18)26-19-8-6-5-7-9-19/h5-15H,4H2,1-3H3. The maximum Gasteiger partial charge on any atom is 0.259 e. The van der Waals surface area contributed by atoms with Crippen molar-refractivity contribution < 1.29 is 9.53 Å². The summed E-state index contributed by atoms with van der Waals surface area (Å²) in [6.07, 6.45) is 1.56. The molecule has 1 aromatic heterocycles. The molecule has 3 aromatic rings. The molecule has 3 rings (SSSR count). The SMILES string of the molecule is CCN(C(=O)c1ccc(Oc2ccccc2)nc1)c1cc(C)ccc1C. The van der Waals surface area contributed by atoms with E-state index < -0.39 is 0 Å². The van der Waals surface area contributed by atoms with Gasteiger partial charge in [-0.1, -0.05) is 30.3 Å². The van der Waals surface area contributed by atoms with E-state index in [4.69, 9.17) is 4.74 Å². The molecule has 2 aromatic carbocycles. The number of para-hydroxylation sites is 1. The van der Waals surface area contributed by atoms with Crippen LogP contribution in [0.4, 0.5) is 5.69 Å². The lowest BCUT2D eigenvalue weighted by atomic mass is 10.1. The highest BCUT2D eigenvalue weighted by Crippen LogP contribution is 2.24. The molecule has 0 aliphatic carbocycles. The third-order valence-electron chi connectivity index (χ3n) is 4.17. The van der Waals surface area contributed by atoms with Gasteiger partial charge in [0, 0.05) is 24.5 Å². The van der Waals surface area contributed by atoms with E-state index >= 15 is 0 Å². The topological polar surface area (TPSA) is 42.4 Å². The number of ether oxygens (including phenoxy) is 1. The van der Waals surface area contributed by atoms with Gasteiger partial charge >= 0.3 is 0 Å². The monoisotopic (exact) mass is 346 g/mol. The number of hydrogen-bond acceptors (Lipinski definition) is 3. The Balaban J connectivity index is 1.81. The molecule has 0 radical (unpaired) electrons. The van der Waals surface area contributed by atoms with Crippen molar-refractivity contribution in [2.75, 3.05) is 11.4 Å². The Bertz CT molecular complexity index is 890. The lowest BCUT2D eigenvalue weighted by Gasteiger charge is -2.23. The predicted octanol–water partition coefficient (Wildman–Crippen LogP) is 5.16. The smallest absolute Gasteiger partial charge is 0.259 e. The van der Waals surface area contributed by atoms with Gasteiger partial charge in [-0.25, -0.2) is 4.98 Å². The average Bonchev–Trinajstić information content (AvgIpc) is 2.66. The quantitative estimate of drug-likeness (QED) is 0.641. The number of benzene rings is 2. The summed E-state index contributed by atoms with van der Waals surface area (Å²) < 4.78 is 5.68. The first kappa shape index (κ1) is 17.7. The minimum absolute atomic E-state index is 0.0695. The summed E-state index contributed by atoms with van der Waals surface area (Å²) in [6.45, 7) is 6.60. The second kappa shape index (κ2) is 7.83. The van der Waals surface area contributed by atoms with E-state index in [-0.39, 0.29) is 5.91 Å². The molecule has 0 saturated carbocycles. The number of anilines is 1. The lowest BCUT2D eigenvalue weighted by molar-refractivity contribution is 0.0988. The van der Waals surface area contributed by atoms with Crippen molar-refractivity contribution in [1.82, 2.24) is 4.98 Å². The summed E-state index contributed by atoms with van der Waals surface area (Å²) in [6, 6.07) is 19.0. The number of pyridine rings is 1. The molecule has 1 amide bonds. The van der Waals surface area contributed by atoms with Crippen molar-refractivity contribution in [2.45, 2.75) is 20.8 Å². The van der Waals surface area contributed by atoms with Crippen LogP contribution in [0.1, 0.15) is 28.4 Å². The number of rotatable bonds is 5. The largest absolute Gasteiger partial charge is 0.439 e. The fraction of sp³-hybridized carbons (Fsp3) is 0.182. The summed E-state index contributed by atoms with van der Waals surface area (Å²) in [5.41, 5.74) is 3.67. The molecule has 0 spiro atoms. The number of carbonyl (C=O) groups is 1. The zero-order chi connectivity index (χ0) is 18.5. The molecule has 0 saturated heterocycles. The predicted molar refractivity (Wildman–Crippen MR) is 104 cm³/mol. The van der Waals surface area contributed by atoms with Crippen LogP contribution in [0.5, 0.6) is 11.6 Å². The molecular weight excluding hydrogens is 324 g/mol. The van der Waals surface area contributed by atoms with Crippen LogP contribution in [0, 0.1) is 13.8 Å². The van der Waals surface area contributed by atoms with Crippen LogP contribution >= 0.6 is 0 Å². The normalized spacial score (nSPS) is 10.4. The van der Waals surface area contributed by atoms with Crippen LogP contribution < -0.4 is 9.64 Å². The number of carbonyl (C=O) groups excluding carboxylic acids is 1. The summed E-state index contributed by atoms with van der Waals surface area (Å²) in [5.74, 6) is 1.10. The van der Waals surface area contributed by atoms with Gasteiger partial charge in [0.25, 0.3) is 5.91 Å². The second-order valence-electron chi connectivity index (χ2n) is 6.14. The fourth-order valence-corrected chi connectivity index (χ4v) is 2.77. The Morgan fingerprint density at radius 1 is 1.04 bits per heavy atom. The first-order valence-corrected chi connectivity index (χ1v) is 8.66. The van der Waals surface area contributed by atoms with Crippen LogP contribution in [0.25, 0.3) is 0 Å². The van der Waals surface area contributed by atoms with Crippen LogP contribution in [-0.4, -0.2) is 17.4 Å². The average molecular weight is 346 g/mol. The van der Waals surface area contributed by atoms with Crippen LogP contribution in [0.2, 0.25) is 0 Å². The van der Waals surface area contributed by atoms with Gasteiger partial charge in [-0.2, -0.15) is 0 Å². The van der Waals surface area contributed by atoms with Crippen molar-refractivity contribution in [3.05, 3.63) is 83.6 Å². The Kier molecular flexibility index (Phi) is 5.32. The summed E-state index contributed by atoms with van der Waals surface area (Å²) >= 11 is 0. The van der Waals surface area contributed by atoms with Gasteiger partial charge in [0.1, 0.15) is 5.75 Å². The summed E-state index contributed by atoms with van der Waals surface area (Å²) in [4.78, 5) is 19.0. The van der Waals surface area contributed by atoms with E-state index in [1.165, 1.54) is 0 Å². The first-order valence-electron chi connectivity index (χ1n) is 8.66. The van der Waals surface area contributed by atoms with Gasteiger partial charge in [-0.15, -0.1) is 0 Å². The van der Waals surface area contributed by atoms with Gasteiger partial charge in [-0.3, -0.25) is 4.79 Å². The number of amides is 1. The zero-order valence-corrected chi connectivity index (χ0v) is 15.3.